The van der Waals surface area contributed by atoms with Gasteiger partial charge in [-0.3, -0.25) is 4.79 Å². The number of hydrogen-bond donors (Lipinski definition) is 1. The van der Waals surface area contributed by atoms with E-state index in [9.17, 15) is 4.79 Å². The molecule has 1 aliphatic heterocycles. The van der Waals surface area contributed by atoms with E-state index in [1.165, 1.54) is 38.5 Å². The van der Waals surface area contributed by atoms with Gasteiger partial charge in [-0.2, -0.15) is 0 Å². The van der Waals surface area contributed by atoms with Gasteiger partial charge in [0.1, 0.15) is 5.78 Å². The summed E-state index contributed by atoms with van der Waals surface area (Å²) in [5.41, 5.74) is 0.381. The quantitative estimate of drug-likeness (QED) is 0.754. The Hall–Kier alpha value is -0.370. The third kappa shape index (κ3) is 1.53. The normalized spacial score (nSPS) is 53.1. The van der Waals surface area contributed by atoms with Crippen molar-refractivity contribution in [3.8, 4) is 0 Å². The molecule has 4 aliphatic carbocycles. The maximum atomic E-state index is 12.2. The van der Waals surface area contributed by atoms with Crippen molar-refractivity contribution in [2.24, 2.45) is 23.2 Å². The third-order valence-electron chi connectivity index (χ3n) is 5.97. The van der Waals surface area contributed by atoms with Gasteiger partial charge in [0.25, 0.3) is 0 Å². The predicted octanol–water partition coefficient (Wildman–Crippen LogP) is 2.52. The summed E-state index contributed by atoms with van der Waals surface area (Å²) in [7, 11) is 0. The van der Waals surface area contributed by atoms with Crippen LogP contribution in [-0.2, 0) is 4.79 Å². The highest BCUT2D eigenvalue weighted by molar-refractivity contribution is 5.85. The molecule has 5 fully saturated rings. The van der Waals surface area contributed by atoms with Crippen molar-refractivity contribution in [3.05, 3.63) is 0 Å². The minimum atomic E-state index is 0.227. The van der Waals surface area contributed by atoms with Crippen molar-refractivity contribution >= 4 is 5.78 Å². The number of rotatable bonds is 1. The van der Waals surface area contributed by atoms with E-state index in [-0.39, 0.29) is 6.04 Å². The zero-order chi connectivity index (χ0) is 11.5. The number of carbonyl (C=O) groups is 1. The number of carbonyl (C=O) groups excluding carboxylic acids is 1. The Balaban J connectivity index is 1.65. The third-order valence-corrected chi connectivity index (χ3v) is 5.97. The molecule has 1 atom stereocenters. The summed E-state index contributed by atoms with van der Waals surface area (Å²) in [5, 5.41) is 3.58. The van der Waals surface area contributed by atoms with Crippen LogP contribution in [-0.4, -0.2) is 18.4 Å². The smallest absolute Gasteiger partial charge is 0.150 e. The topological polar surface area (TPSA) is 29.1 Å². The van der Waals surface area contributed by atoms with Crippen molar-refractivity contribution < 1.29 is 4.79 Å². The molecule has 94 valence electrons. The average Bonchev–Trinajstić information content (AvgIpc) is 2.27. The van der Waals surface area contributed by atoms with Gasteiger partial charge in [0.05, 0.1) is 6.04 Å². The first-order valence-electron chi connectivity index (χ1n) is 7.51. The van der Waals surface area contributed by atoms with Crippen LogP contribution in [0.2, 0.25) is 0 Å². The average molecular weight is 233 g/mol. The first kappa shape index (κ1) is 10.5. The zero-order valence-electron chi connectivity index (χ0n) is 10.6. The lowest BCUT2D eigenvalue weighted by atomic mass is 9.47. The number of hydrogen-bond acceptors (Lipinski definition) is 2. The van der Waals surface area contributed by atoms with E-state index in [2.05, 4.69) is 5.32 Å². The molecule has 0 aromatic heterocycles. The van der Waals surface area contributed by atoms with Gasteiger partial charge in [-0.25, -0.2) is 0 Å². The molecule has 0 aromatic rings. The van der Waals surface area contributed by atoms with E-state index >= 15 is 0 Å². The Labute approximate surface area is 104 Å². The summed E-state index contributed by atoms with van der Waals surface area (Å²) in [6, 6.07) is 0.227. The molecule has 0 spiro atoms. The van der Waals surface area contributed by atoms with Gasteiger partial charge in [-0.05, 0) is 74.7 Å². The lowest BCUT2D eigenvalue weighted by Crippen LogP contribution is -2.60. The van der Waals surface area contributed by atoms with Crippen LogP contribution < -0.4 is 5.32 Å². The summed E-state index contributed by atoms with van der Waals surface area (Å²) in [6.07, 6.45) is 10.4. The van der Waals surface area contributed by atoms with Crippen LogP contribution >= 0.6 is 0 Å². The monoisotopic (exact) mass is 233 g/mol. The molecule has 17 heavy (non-hydrogen) atoms. The lowest BCUT2D eigenvalue weighted by Gasteiger charge is -2.59. The van der Waals surface area contributed by atoms with Crippen molar-refractivity contribution in [2.45, 2.75) is 57.4 Å². The minimum absolute atomic E-state index is 0.227. The molecule has 5 rings (SSSR count). The van der Waals surface area contributed by atoms with Crippen molar-refractivity contribution in [3.63, 3.8) is 0 Å². The molecule has 1 N–H and O–H groups in total. The molecule has 1 unspecified atom stereocenters. The first-order valence-corrected chi connectivity index (χ1v) is 7.51. The van der Waals surface area contributed by atoms with Gasteiger partial charge in [-0.1, -0.05) is 0 Å². The van der Waals surface area contributed by atoms with E-state index in [1.807, 2.05) is 0 Å². The van der Waals surface area contributed by atoms with E-state index in [4.69, 9.17) is 0 Å². The fourth-order valence-electron chi connectivity index (χ4n) is 5.86. The number of Topliss-reactive ketones (excluding diaryl/α,β-unsaturated/α-hetero) is 1. The second-order valence-electron chi connectivity index (χ2n) is 7.24. The largest absolute Gasteiger partial charge is 0.307 e. The Morgan fingerprint density at radius 3 is 2.12 bits per heavy atom. The highest BCUT2D eigenvalue weighted by atomic mass is 16.1. The maximum Gasteiger partial charge on any atom is 0.150 e. The van der Waals surface area contributed by atoms with Gasteiger partial charge in [-0.15, -0.1) is 0 Å². The van der Waals surface area contributed by atoms with Gasteiger partial charge >= 0.3 is 0 Å². The molecular formula is C15H23NO. The molecule has 5 aliphatic rings. The zero-order valence-corrected chi connectivity index (χ0v) is 10.6. The summed E-state index contributed by atoms with van der Waals surface area (Å²) >= 11 is 0. The standard InChI is InChI=1S/C15H23NO/c17-13-2-1-3-16-14(13)15-7-10-4-11(8-15)6-12(5-10)9-15/h10-12,14,16H,1-9H2. The molecule has 2 nitrogen and oxygen atoms in total. The Kier molecular flexibility index (Phi) is 2.21. The van der Waals surface area contributed by atoms with E-state index in [0.29, 0.717) is 11.2 Å². The van der Waals surface area contributed by atoms with Crippen LogP contribution in [0.1, 0.15) is 51.4 Å². The number of nitrogens with one attached hydrogen (secondary N) is 1. The highest BCUT2D eigenvalue weighted by Gasteiger charge is 2.55. The van der Waals surface area contributed by atoms with Crippen LogP contribution in [0.4, 0.5) is 0 Å². The van der Waals surface area contributed by atoms with E-state index in [0.717, 1.165) is 37.1 Å². The van der Waals surface area contributed by atoms with Crippen LogP contribution in [0.3, 0.4) is 0 Å². The summed E-state index contributed by atoms with van der Waals surface area (Å²) in [5.74, 6) is 3.39. The molecule has 0 radical (unpaired) electrons. The summed E-state index contributed by atoms with van der Waals surface area (Å²) in [6.45, 7) is 1.07. The van der Waals surface area contributed by atoms with E-state index < -0.39 is 0 Å². The van der Waals surface area contributed by atoms with Gasteiger partial charge in [0.15, 0.2) is 0 Å². The first-order chi connectivity index (χ1) is 8.25. The highest BCUT2D eigenvalue weighted by Crippen LogP contribution is 2.61. The SMILES string of the molecule is O=C1CCCNC1C12CC3CC(CC(C3)C1)C2. The minimum Gasteiger partial charge on any atom is -0.307 e. The van der Waals surface area contributed by atoms with Gasteiger partial charge < -0.3 is 5.32 Å². The molecule has 4 saturated carbocycles. The van der Waals surface area contributed by atoms with Crippen LogP contribution in [0, 0.1) is 23.2 Å². The maximum absolute atomic E-state index is 12.2. The fourth-order valence-corrected chi connectivity index (χ4v) is 5.86. The Bertz CT molecular complexity index is 314. The summed E-state index contributed by atoms with van der Waals surface area (Å²) < 4.78 is 0. The predicted molar refractivity (Wildman–Crippen MR) is 66.6 cm³/mol. The van der Waals surface area contributed by atoms with Crippen LogP contribution in [0.15, 0.2) is 0 Å². The van der Waals surface area contributed by atoms with Crippen molar-refractivity contribution in [2.75, 3.05) is 6.54 Å². The molecule has 0 amide bonds. The fraction of sp³-hybridized carbons (Fsp3) is 0.933. The van der Waals surface area contributed by atoms with Crippen molar-refractivity contribution in [1.82, 2.24) is 5.32 Å². The van der Waals surface area contributed by atoms with E-state index in [1.54, 1.807) is 0 Å². The lowest BCUT2D eigenvalue weighted by molar-refractivity contribution is -0.135. The molecule has 1 saturated heterocycles. The molecule has 2 heteroatoms. The molecular weight excluding hydrogens is 210 g/mol. The van der Waals surface area contributed by atoms with Crippen molar-refractivity contribution in [1.29, 1.82) is 0 Å². The number of ketones is 1. The second-order valence-corrected chi connectivity index (χ2v) is 7.24. The molecule has 4 bridgehead atoms. The van der Waals surface area contributed by atoms with Gasteiger partial charge in [0, 0.05) is 6.42 Å². The molecule has 0 aromatic carbocycles. The number of piperidine rings is 1. The Morgan fingerprint density at radius 2 is 1.59 bits per heavy atom. The Morgan fingerprint density at radius 1 is 1.00 bits per heavy atom. The second kappa shape index (κ2) is 3.57. The molecule has 1 heterocycles. The summed E-state index contributed by atoms with van der Waals surface area (Å²) in [4.78, 5) is 12.2. The van der Waals surface area contributed by atoms with Crippen LogP contribution in [0.5, 0.6) is 0 Å². The van der Waals surface area contributed by atoms with Gasteiger partial charge in [0.2, 0.25) is 0 Å². The van der Waals surface area contributed by atoms with Crippen LogP contribution in [0.25, 0.3) is 0 Å².